The summed E-state index contributed by atoms with van der Waals surface area (Å²) >= 11 is 0. The molecule has 1 aromatic heterocycles. The Morgan fingerprint density at radius 1 is 1.04 bits per heavy atom. The molecular formula is C20H22N4O2. The summed E-state index contributed by atoms with van der Waals surface area (Å²) in [5, 5.41) is 3.56. The van der Waals surface area contributed by atoms with Gasteiger partial charge in [-0.2, -0.15) is 4.98 Å². The van der Waals surface area contributed by atoms with Gasteiger partial charge in [-0.25, -0.2) is 4.98 Å². The van der Waals surface area contributed by atoms with Crippen LogP contribution in [0.25, 0.3) is 22.0 Å². The number of nitrogens with one attached hydrogen (secondary N) is 1. The third-order valence-corrected chi connectivity index (χ3v) is 3.62. The summed E-state index contributed by atoms with van der Waals surface area (Å²) in [5.74, 6) is 0.558. The van der Waals surface area contributed by atoms with Crippen molar-refractivity contribution in [3.63, 3.8) is 0 Å². The smallest absolute Gasteiger partial charge is 0.226 e. The van der Waals surface area contributed by atoms with Crippen LogP contribution in [-0.4, -0.2) is 21.5 Å². The predicted octanol–water partition coefficient (Wildman–Crippen LogP) is 4.01. The zero-order valence-corrected chi connectivity index (χ0v) is 15.3. The van der Waals surface area contributed by atoms with E-state index in [1.807, 2.05) is 63.2 Å². The highest BCUT2D eigenvalue weighted by Gasteiger charge is 2.17. The highest BCUT2D eigenvalue weighted by Crippen LogP contribution is 2.31. The fraction of sp³-hybridized carbons (Fsp3) is 0.250. The van der Waals surface area contributed by atoms with Gasteiger partial charge in [0.05, 0.1) is 10.9 Å². The van der Waals surface area contributed by atoms with Gasteiger partial charge in [0.2, 0.25) is 17.7 Å². The first-order chi connectivity index (χ1) is 12.2. The molecule has 0 aliphatic rings. The predicted molar refractivity (Wildman–Crippen MR) is 104 cm³/mol. The van der Waals surface area contributed by atoms with Crippen LogP contribution in [0.4, 0.5) is 11.6 Å². The van der Waals surface area contributed by atoms with Gasteiger partial charge >= 0.3 is 0 Å². The van der Waals surface area contributed by atoms with Crippen molar-refractivity contribution in [3.05, 3.63) is 42.5 Å². The zero-order valence-electron chi connectivity index (χ0n) is 15.3. The van der Waals surface area contributed by atoms with E-state index < -0.39 is 5.60 Å². The third-order valence-electron chi connectivity index (χ3n) is 3.62. The van der Waals surface area contributed by atoms with Gasteiger partial charge in [0, 0.05) is 12.6 Å². The van der Waals surface area contributed by atoms with Crippen LogP contribution in [0.2, 0.25) is 0 Å². The molecular weight excluding hydrogens is 328 g/mol. The van der Waals surface area contributed by atoms with Crippen LogP contribution < -0.4 is 15.8 Å². The van der Waals surface area contributed by atoms with E-state index in [0.29, 0.717) is 5.88 Å². The van der Waals surface area contributed by atoms with Crippen molar-refractivity contribution in [2.75, 3.05) is 11.1 Å². The largest absolute Gasteiger partial charge is 0.471 e. The van der Waals surface area contributed by atoms with E-state index in [0.717, 1.165) is 27.7 Å². The summed E-state index contributed by atoms with van der Waals surface area (Å²) in [5.41, 5.74) is 8.92. The minimum Gasteiger partial charge on any atom is -0.471 e. The number of carbonyl (C=O) groups is 1. The van der Waals surface area contributed by atoms with Crippen LogP contribution in [-0.2, 0) is 4.79 Å². The van der Waals surface area contributed by atoms with Crippen molar-refractivity contribution in [2.45, 2.75) is 33.3 Å². The Balaban J connectivity index is 2.04. The quantitative estimate of drug-likeness (QED) is 0.745. The second-order valence-corrected chi connectivity index (χ2v) is 7.09. The maximum Gasteiger partial charge on any atom is 0.226 e. The van der Waals surface area contributed by atoms with Crippen molar-refractivity contribution < 1.29 is 9.53 Å². The van der Waals surface area contributed by atoms with E-state index in [9.17, 15) is 4.79 Å². The van der Waals surface area contributed by atoms with Crippen LogP contribution in [0.15, 0.2) is 42.5 Å². The minimum absolute atomic E-state index is 0.0952. The van der Waals surface area contributed by atoms with Gasteiger partial charge < -0.3 is 15.8 Å². The van der Waals surface area contributed by atoms with Crippen molar-refractivity contribution in [1.29, 1.82) is 0 Å². The topological polar surface area (TPSA) is 90.1 Å². The Morgan fingerprint density at radius 2 is 1.69 bits per heavy atom. The van der Waals surface area contributed by atoms with E-state index in [1.54, 1.807) is 0 Å². The lowest BCUT2D eigenvalue weighted by molar-refractivity contribution is -0.114. The molecule has 3 aromatic rings. The minimum atomic E-state index is -0.399. The molecule has 0 aliphatic carbocycles. The summed E-state index contributed by atoms with van der Waals surface area (Å²) in [4.78, 5) is 19.7. The van der Waals surface area contributed by atoms with Crippen molar-refractivity contribution in [3.8, 4) is 17.0 Å². The highest BCUT2D eigenvalue weighted by molar-refractivity contribution is 5.90. The van der Waals surface area contributed by atoms with Gasteiger partial charge in [-0.1, -0.05) is 18.2 Å². The van der Waals surface area contributed by atoms with Crippen LogP contribution in [0.1, 0.15) is 27.7 Å². The number of nitrogens with two attached hydrogens (primary N) is 1. The molecule has 0 saturated carbocycles. The molecule has 3 rings (SSSR count). The molecule has 1 amide bonds. The summed E-state index contributed by atoms with van der Waals surface area (Å²) in [6, 6.07) is 13.5. The Labute approximate surface area is 152 Å². The van der Waals surface area contributed by atoms with Crippen LogP contribution >= 0.6 is 0 Å². The summed E-state index contributed by atoms with van der Waals surface area (Å²) in [6.45, 7) is 7.37. The first-order valence-corrected chi connectivity index (χ1v) is 8.35. The number of amides is 1. The molecule has 6 heteroatoms. The number of ether oxygens (including phenoxy) is 1. The molecule has 0 saturated heterocycles. The van der Waals surface area contributed by atoms with E-state index >= 15 is 0 Å². The molecule has 2 aromatic carbocycles. The molecule has 0 bridgehead atoms. The summed E-state index contributed by atoms with van der Waals surface area (Å²) in [7, 11) is 0. The molecule has 0 spiro atoms. The molecule has 0 aliphatic heterocycles. The molecule has 3 N–H and O–H groups in total. The summed E-state index contributed by atoms with van der Waals surface area (Å²) < 4.78 is 5.97. The fourth-order valence-electron chi connectivity index (χ4n) is 2.61. The first-order valence-electron chi connectivity index (χ1n) is 8.35. The van der Waals surface area contributed by atoms with Crippen molar-refractivity contribution >= 4 is 28.4 Å². The molecule has 0 radical (unpaired) electrons. The maximum atomic E-state index is 11.1. The second kappa shape index (κ2) is 6.63. The van der Waals surface area contributed by atoms with Crippen LogP contribution in [0.5, 0.6) is 5.88 Å². The van der Waals surface area contributed by atoms with E-state index in [2.05, 4.69) is 15.3 Å². The van der Waals surface area contributed by atoms with Gasteiger partial charge in [-0.15, -0.1) is 0 Å². The summed E-state index contributed by atoms with van der Waals surface area (Å²) in [6.07, 6.45) is 0. The zero-order chi connectivity index (χ0) is 18.9. The normalized spacial score (nSPS) is 11.4. The molecule has 134 valence electrons. The number of aromatic nitrogens is 2. The Morgan fingerprint density at radius 3 is 2.31 bits per heavy atom. The number of benzene rings is 2. The molecule has 0 fully saturated rings. The Bertz CT molecular complexity index is 960. The number of carbonyl (C=O) groups excluding carboxylic acids is 1. The fourth-order valence-corrected chi connectivity index (χ4v) is 2.61. The molecule has 0 atom stereocenters. The Kier molecular flexibility index (Phi) is 4.50. The highest BCUT2D eigenvalue weighted by atomic mass is 16.5. The molecule has 6 nitrogen and oxygen atoms in total. The van der Waals surface area contributed by atoms with E-state index in [1.165, 1.54) is 6.92 Å². The number of fused-ring (bicyclic) bond motifs is 1. The lowest BCUT2D eigenvalue weighted by Crippen LogP contribution is -2.24. The third kappa shape index (κ3) is 4.08. The number of hydrogen-bond donors (Lipinski definition) is 2. The van der Waals surface area contributed by atoms with Gasteiger partial charge in [0.15, 0.2) is 0 Å². The average molecular weight is 350 g/mol. The number of rotatable bonds is 3. The lowest BCUT2D eigenvalue weighted by atomic mass is 10.0. The number of nitrogen functional groups attached to an aromatic ring is 1. The van der Waals surface area contributed by atoms with Gasteiger partial charge in [-0.3, -0.25) is 4.79 Å². The maximum absolute atomic E-state index is 11.1. The van der Waals surface area contributed by atoms with Crippen LogP contribution in [0.3, 0.4) is 0 Å². The first kappa shape index (κ1) is 17.7. The van der Waals surface area contributed by atoms with Gasteiger partial charge in [0.1, 0.15) is 5.60 Å². The number of anilines is 2. The average Bonchev–Trinajstić information content (AvgIpc) is 2.53. The molecule has 26 heavy (non-hydrogen) atoms. The van der Waals surface area contributed by atoms with Crippen LogP contribution in [0, 0.1) is 0 Å². The number of hydrogen-bond acceptors (Lipinski definition) is 5. The standard InChI is InChI=1S/C20H22N4O2/c1-12(25)22-15-8-5-13(6-9-15)14-7-10-17-16(11-14)18(24-19(21)23-17)26-20(2,3)4/h5-11H,1-4H3,(H,22,25)(H2,21,23,24). The van der Waals surface area contributed by atoms with E-state index in [4.69, 9.17) is 10.5 Å². The van der Waals surface area contributed by atoms with Crippen molar-refractivity contribution in [2.24, 2.45) is 0 Å². The number of nitrogens with zero attached hydrogens (tertiary/aromatic N) is 2. The van der Waals surface area contributed by atoms with Gasteiger partial charge in [-0.05, 0) is 56.2 Å². The second-order valence-electron chi connectivity index (χ2n) is 7.09. The molecule has 0 unspecified atom stereocenters. The van der Waals surface area contributed by atoms with Crippen molar-refractivity contribution in [1.82, 2.24) is 9.97 Å². The van der Waals surface area contributed by atoms with Gasteiger partial charge in [0.25, 0.3) is 0 Å². The lowest BCUT2D eigenvalue weighted by Gasteiger charge is -2.21. The SMILES string of the molecule is CC(=O)Nc1ccc(-c2ccc3nc(N)nc(OC(C)(C)C)c3c2)cc1. The monoisotopic (exact) mass is 350 g/mol. The molecule has 1 heterocycles. The van der Waals surface area contributed by atoms with E-state index in [-0.39, 0.29) is 11.9 Å². The Hall–Kier alpha value is -3.15.